The van der Waals surface area contributed by atoms with Crippen LogP contribution in [0.25, 0.3) is 0 Å². The Morgan fingerprint density at radius 3 is 2.44 bits per heavy atom. The fourth-order valence-electron chi connectivity index (χ4n) is 1.97. The molecule has 0 spiro atoms. The Morgan fingerprint density at radius 2 is 1.83 bits per heavy atom. The zero-order chi connectivity index (χ0) is 12.8. The van der Waals surface area contributed by atoms with E-state index in [0.717, 1.165) is 11.1 Å². The fourth-order valence-corrected chi connectivity index (χ4v) is 1.97. The van der Waals surface area contributed by atoms with Gasteiger partial charge in [0.1, 0.15) is 0 Å². The topological polar surface area (TPSA) is 45.1 Å². The molecule has 94 valence electrons. The van der Waals surface area contributed by atoms with Crippen molar-refractivity contribution >= 4 is 0 Å². The zero-order valence-electron chi connectivity index (χ0n) is 10.5. The van der Waals surface area contributed by atoms with Crippen LogP contribution in [-0.4, -0.2) is 16.7 Å². The first kappa shape index (κ1) is 12.7. The molecule has 0 aliphatic heterocycles. The highest BCUT2D eigenvalue weighted by molar-refractivity contribution is 5.20. The van der Waals surface area contributed by atoms with Gasteiger partial charge in [-0.05, 0) is 24.1 Å². The maximum absolute atomic E-state index is 9.50. The Morgan fingerprint density at radius 1 is 1.11 bits per heavy atom. The highest BCUT2D eigenvalue weighted by atomic mass is 16.3. The van der Waals surface area contributed by atoms with E-state index in [9.17, 15) is 5.11 Å². The normalized spacial score (nSPS) is 14.1. The predicted molar refractivity (Wildman–Crippen MR) is 72.1 cm³/mol. The number of rotatable bonds is 5. The van der Waals surface area contributed by atoms with Gasteiger partial charge in [0.2, 0.25) is 0 Å². The second-order valence-corrected chi connectivity index (χ2v) is 4.32. The van der Waals surface area contributed by atoms with Crippen molar-refractivity contribution in [1.29, 1.82) is 0 Å². The molecule has 3 heteroatoms. The van der Waals surface area contributed by atoms with Crippen molar-refractivity contribution in [3.63, 3.8) is 0 Å². The molecule has 2 atom stereocenters. The van der Waals surface area contributed by atoms with Gasteiger partial charge in [-0.25, -0.2) is 0 Å². The standard InChI is InChI=1S/C15H18N2O/c1-12(14-8-5-9-16-10-14)17-15(11-18)13-6-3-2-4-7-13/h2-10,12,15,17-18H,11H2,1H3/t12?,15-/m1/s1. The third-order valence-electron chi connectivity index (χ3n) is 3.02. The molecule has 0 radical (unpaired) electrons. The summed E-state index contributed by atoms with van der Waals surface area (Å²) in [6.07, 6.45) is 3.61. The number of nitrogens with zero attached hydrogens (tertiary/aromatic N) is 1. The van der Waals surface area contributed by atoms with Gasteiger partial charge >= 0.3 is 0 Å². The van der Waals surface area contributed by atoms with Crippen LogP contribution >= 0.6 is 0 Å². The first-order valence-electron chi connectivity index (χ1n) is 6.13. The van der Waals surface area contributed by atoms with Crippen LogP contribution < -0.4 is 5.32 Å². The molecule has 1 unspecified atom stereocenters. The highest BCUT2D eigenvalue weighted by Crippen LogP contribution is 2.18. The Hall–Kier alpha value is -1.71. The minimum atomic E-state index is -0.0543. The lowest BCUT2D eigenvalue weighted by Gasteiger charge is -2.22. The minimum absolute atomic E-state index is 0.0543. The molecule has 0 aliphatic rings. The van der Waals surface area contributed by atoms with Crippen molar-refractivity contribution in [3.8, 4) is 0 Å². The number of benzene rings is 1. The third-order valence-corrected chi connectivity index (χ3v) is 3.02. The number of hydrogen-bond donors (Lipinski definition) is 2. The Labute approximate surface area is 108 Å². The summed E-state index contributed by atoms with van der Waals surface area (Å²) in [6, 6.07) is 14.0. The number of aliphatic hydroxyl groups excluding tert-OH is 1. The molecule has 18 heavy (non-hydrogen) atoms. The minimum Gasteiger partial charge on any atom is -0.394 e. The number of pyridine rings is 1. The molecule has 0 bridgehead atoms. The fraction of sp³-hybridized carbons (Fsp3) is 0.267. The molecule has 1 aromatic carbocycles. The molecular weight excluding hydrogens is 224 g/mol. The lowest BCUT2D eigenvalue weighted by molar-refractivity contribution is 0.235. The Balaban J connectivity index is 2.07. The van der Waals surface area contributed by atoms with Gasteiger partial charge in [0, 0.05) is 18.4 Å². The van der Waals surface area contributed by atoms with Crippen LogP contribution in [-0.2, 0) is 0 Å². The van der Waals surface area contributed by atoms with Crippen LogP contribution in [0.2, 0.25) is 0 Å². The second-order valence-electron chi connectivity index (χ2n) is 4.32. The summed E-state index contributed by atoms with van der Waals surface area (Å²) in [4.78, 5) is 4.11. The molecule has 1 aromatic heterocycles. The summed E-state index contributed by atoms with van der Waals surface area (Å²) in [5, 5.41) is 12.9. The molecule has 3 nitrogen and oxygen atoms in total. The summed E-state index contributed by atoms with van der Waals surface area (Å²) >= 11 is 0. The molecule has 2 rings (SSSR count). The van der Waals surface area contributed by atoms with Crippen LogP contribution in [0.15, 0.2) is 54.9 Å². The Kier molecular flexibility index (Phi) is 4.45. The average molecular weight is 242 g/mol. The van der Waals surface area contributed by atoms with Gasteiger partial charge in [0.25, 0.3) is 0 Å². The third kappa shape index (κ3) is 3.15. The largest absolute Gasteiger partial charge is 0.394 e. The van der Waals surface area contributed by atoms with Crippen molar-refractivity contribution in [2.24, 2.45) is 0 Å². The van der Waals surface area contributed by atoms with Gasteiger partial charge in [-0.3, -0.25) is 4.98 Å². The molecular formula is C15H18N2O. The molecule has 0 fully saturated rings. The molecule has 2 aromatic rings. The predicted octanol–water partition coefficient (Wildman–Crippen LogP) is 2.47. The van der Waals surface area contributed by atoms with Gasteiger partial charge in [0.15, 0.2) is 0 Å². The van der Waals surface area contributed by atoms with Crippen molar-refractivity contribution < 1.29 is 5.11 Å². The Bertz CT molecular complexity index is 458. The quantitative estimate of drug-likeness (QED) is 0.846. The monoisotopic (exact) mass is 242 g/mol. The summed E-state index contributed by atoms with van der Waals surface area (Å²) in [5.41, 5.74) is 2.21. The first-order valence-corrected chi connectivity index (χ1v) is 6.13. The van der Waals surface area contributed by atoms with Crippen molar-refractivity contribution in [2.75, 3.05) is 6.61 Å². The van der Waals surface area contributed by atoms with E-state index in [4.69, 9.17) is 0 Å². The van der Waals surface area contributed by atoms with E-state index in [0.29, 0.717) is 0 Å². The lowest BCUT2D eigenvalue weighted by Crippen LogP contribution is -2.27. The van der Waals surface area contributed by atoms with E-state index in [-0.39, 0.29) is 18.7 Å². The van der Waals surface area contributed by atoms with Gasteiger partial charge in [-0.2, -0.15) is 0 Å². The first-order chi connectivity index (χ1) is 8.81. The average Bonchev–Trinajstić information content (AvgIpc) is 2.46. The highest BCUT2D eigenvalue weighted by Gasteiger charge is 2.14. The summed E-state index contributed by atoms with van der Waals surface area (Å²) in [7, 11) is 0. The lowest BCUT2D eigenvalue weighted by atomic mass is 10.0. The van der Waals surface area contributed by atoms with E-state index in [1.165, 1.54) is 0 Å². The van der Waals surface area contributed by atoms with E-state index < -0.39 is 0 Å². The zero-order valence-corrected chi connectivity index (χ0v) is 10.5. The molecule has 0 aliphatic carbocycles. The van der Waals surface area contributed by atoms with Gasteiger partial charge in [-0.15, -0.1) is 0 Å². The molecule has 1 heterocycles. The van der Waals surface area contributed by atoms with Crippen LogP contribution in [0.5, 0.6) is 0 Å². The SMILES string of the molecule is CC(N[C@H](CO)c1ccccc1)c1cccnc1. The van der Waals surface area contributed by atoms with Crippen LogP contribution in [0, 0.1) is 0 Å². The summed E-state index contributed by atoms with van der Waals surface area (Å²) in [5.74, 6) is 0. The number of aromatic nitrogens is 1. The van der Waals surface area contributed by atoms with Crippen molar-refractivity contribution in [3.05, 3.63) is 66.0 Å². The van der Waals surface area contributed by atoms with Gasteiger partial charge < -0.3 is 10.4 Å². The van der Waals surface area contributed by atoms with E-state index in [1.807, 2.05) is 48.7 Å². The molecule has 0 saturated carbocycles. The van der Waals surface area contributed by atoms with Crippen LogP contribution in [0.4, 0.5) is 0 Å². The number of nitrogens with one attached hydrogen (secondary N) is 1. The molecule has 0 amide bonds. The molecule has 0 saturated heterocycles. The van der Waals surface area contributed by atoms with Gasteiger partial charge in [-0.1, -0.05) is 36.4 Å². The van der Waals surface area contributed by atoms with E-state index in [2.05, 4.69) is 17.2 Å². The van der Waals surface area contributed by atoms with E-state index >= 15 is 0 Å². The van der Waals surface area contributed by atoms with Gasteiger partial charge in [0.05, 0.1) is 12.6 Å². The summed E-state index contributed by atoms with van der Waals surface area (Å²) in [6.45, 7) is 2.15. The smallest absolute Gasteiger partial charge is 0.0626 e. The number of aliphatic hydroxyl groups is 1. The van der Waals surface area contributed by atoms with Crippen LogP contribution in [0.3, 0.4) is 0 Å². The van der Waals surface area contributed by atoms with Crippen molar-refractivity contribution in [2.45, 2.75) is 19.0 Å². The second kappa shape index (κ2) is 6.28. The van der Waals surface area contributed by atoms with Crippen molar-refractivity contribution in [1.82, 2.24) is 10.3 Å². The van der Waals surface area contributed by atoms with E-state index in [1.54, 1.807) is 6.20 Å². The number of hydrogen-bond acceptors (Lipinski definition) is 3. The van der Waals surface area contributed by atoms with Crippen LogP contribution in [0.1, 0.15) is 30.1 Å². The summed E-state index contributed by atoms with van der Waals surface area (Å²) < 4.78 is 0. The molecule has 2 N–H and O–H groups in total. The maximum Gasteiger partial charge on any atom is 0.0626 e. The maximum atomic E-state index is 9.50.